The van der Waals surface area contributed by atoms with Crippen LogP contribution in [0.3, 0.4) is 0 Å². The quantitative estimate of drug-likeness (QED) is 0.698. The number of carbonyl (C=O) groups is 1. The molecule has 5 heteroatoms. The fraction of sp³-hybridized carbons (Fsp3) is 0.720. The molecule has 1 aliphatic carbocycles. The SMILES string of the molecule is CN(C)CCCNC(=O)[C@@H]1CCCN(C2CCN(C3Cc4ccccc4C3)CC2)C1. The third-order valence-corrected chi connectivity index (χ3v) is 7.47. The Hall–Kier alpha value is -1.43. The van der Waals surface area contributed by atoms with Crippen LogP contribution in [-0.2, 0) is 17.6 Å². The first-order valence-corrected chi connectivity index (χ1v) is 12.1. The minimum Gasteiger partial charge on any atom is -0.356 e. The normalized spacial score (nSPS) is 24.3. The zero-order chi connectivity index (χ0) is 20.9. The lowest BCUT2D eigenvalue weighted by atomic mass is 9.92. The monoisotopic (exact) mass is 412 g/mol. The molecule has 0 spiro atoms. The first kappa shape index (κ1) is 21.8. The lowest BCUT2D eigenvalue weighted by molar-refractivity contribution is -0.127. The fourth-order valence-electron chi connectivity index (χ4n) is 5.71. The zero-order valence-corrected chi connectivity index (χ0v) is 19.0. The fourth-order valence-corrected chi connectivity index (χ4v) is 5.71. The Labute approximate surface area is 182 Å². The number of hydrogen-bond acceptors (Lipinski definition) is 4. The van der Waals surface area contributed by atoms with Crippen molar-refractivity contribution in [2.45, 2.75) is 57.0 Å². The molecule has 0 unspecified atom stereocenters. The molecule has 0 bridgehead atoms. The third-order valence-electron chi connectivity index (χ3n) is 7.47. The maximum atomic E-state index is 12.6. The third kappa shape index (κ3) is 5.43. The highest BCUT2D eigenvalue weighted by Crippen LogP contribution is 2.29. The molecule has 4 rings (SSSR count). The molecule has 0 saturated carbocycles. The van der Waals surface area contributed by atoms with Crippen molar-refractivity contribution in [3.63, 3.8) is 0 Å². The molecule has 2 saturated heterocycles. The summed E-state index contributed by atoms with van der Waals surface area (Å²) in [5.74, 6) is 0.458. The van der Waals surface area contributed by atoms with Gasteiger partial charge in [0.25, 0.3) is 0 Å². The molecule has 2 heterocycles. The molecular formula is C25H40N4O. The smallest absolute Gasteiger partial charge is 0.224 e. The van der Waals surface area contributed by atoms with Crippen LogP contribution >= 0.6 is 0 Å². The number of nitrogens with one attached hydrogen (secondary N) is 1. The van der Waals surface area contributed by atoms with Gasteiger partial charge in [0, 0.05) is 25.2 Å². The van der Waals surface area contributed by atoms with Crippen molar-refractivity contribution < 1.29 is 4.79 Å². The standard InChI is InChI=1S/C25H40N4O/c1-27(2)13-6-12-26-25(30)22-9-5-14-29(19-22)23-10-15-28(16-11-23)24-17-20-7-3-4-8-21(20)18-24/h3-4,7-8,22-24H,5-6,9-19H2,1-2H3,(H,26,30)/t22-/m1/s1. The Bertz CT molecular complexity index is 673. The van der Waals surface area contributed by atoms with Crippen LogP contribution in [0, 0.1) is 5.92 Å². The second-order valence-corrected chi connectivity index (χ2v) is 9.88. The van der Waals surface area contributed by atoms with E-state index in [2.05, 4.69) is 58.4 Å². The van der Waals surface area contributed by atoms with Crippen LogP contribution in [0.25, 0.3) is 0 Å². The van der Waals surface area contributed by atoms with Crippen LogP contribution in [-0.4, -0.2) is 86.1 Å². The number of likely N-dealkylation sites (tertiary alicyclic amines) is 2. The number of rotatable bonds is 7. The molecule has 1 aromatic rings. The molecule has 1 N–H and O–H groups in total. The first-order valence-electron chi connectivity index (χ1n) is 12.1. The average molecular weight is 413 g/mol. The summed E-state index contributed by atoms with van der Waals surface area (Å²) in [6, 6.07) is 10.3. The van der Waals surface area contributed by atoms with E-state index in [-0.39, 0.29) is 11.8 Å². The van der Waals surface area contributed by atoms with Crippen molar-refractivity contribution in [3.8, 4) is 0 Å². The van der Waals surface area contributed by atoms with Gasteiger partial charge in [-0.25, -0.2) is 0 Å². The molecule has 0 radical (unpaired) electrons. The average Bonchev–Trinajstić information content (AvgIpc) is 3.21. The summed E-state index contributed by atoms with van der Waals surface area (Å²) in [5.41, 5.74) is 3.11. The summed E-state index contributed by atoms with van der Waals surface area (Å²) in [6.07, 6.45) is 8.19. The highest BCUT2D eigenvalue weighted by molar-refractivity contribution is 5.78. The minimum atomic E-state index is 0.181. The number of piperidine rings is 2. The summed E-state index contributed by atoms with van der Waals surface area (Å²) < 4.78 is 0. The van der Waals surface area contributed by atoms with Crippen molar-refractivity contribution >= 4 is 5.91 Å². The molecule has 1 atom stereocenters. The van der Waals surface area contributed by atoms with Gasteiger partial charge in [0.15, 0.2) is 0 Å². The van der Waals surface area contributed by atoms with E-state index in [1.807, 2.05) is 0 Å². The Morgan fingerprint density at radius 3 is 2.37 bits per heavy atom. The molecule has 3 aliphatic rings. The highest BCUT2D eigenvalue weighted by Gasteiger charge is 2.34. The van der Waals surface area contributed by atoms with Crippen LogP contribution in [0.15, 0.2) is 24.3 Å². The molecular weight excluding hydrogens is 372 g/mol. The van der Waals surface area contributed by atoms with Crippen molar-refractivity contribution in [2.75, 3.05) is 53.4 Å². The van der Waals surface area contributed by atoms with Crippen molar-refractivity contribution in [1.29, 1.82) is 0 Å². The summed E-state index contributed by atoms with van der Waals surface area (Å²) in [7, 11) is 4.16. The van der Waals surface area contributed by atoms with E-state index in [1.54, 1.807) is 11.1 Å². The van der Waals surface area contributed by atoms with E-state index in [4.69, 9.17) is 0 Å². The first-order chi connectivity index (χ1) is 14.6. The molecule has 0 aromatic heterocycles. The largest absolute Gasteiger partial charge is 0.356 e. The van der Waals surface area contributed by atoms with Gasteiger partial charge in [-0.3, -0.25) is 14.6 Å². The lowest BCUT2D eigenvalue weighted by Crippen LogP contribution is -2.52. The number of carbonyl (C=O) groups excluding carboxylic acids is 1. The van der Waals surface area contributed by atoms with Gasteiger partial charge in [0.2, 0.25) is 5.91 Å². The van der Waals surface area contributed by atoms with Gasteiger partial charge in [-0.1, -0.05) is 24.3 Å². The van der Waals surface area contributed by atoms with Crippen molar-refractivity contribution in [1.82, 2.24) is 20.0 Å². The van der Waals surface area contributed by atoms with Crippen LogP contribution in [0.2, 0.25) is 0 Å². The van der Waals surface area contributed by atoms with E-state index in [1.165, 1.54) is 45.3 Å². The summed E-state index contributed by atoms with van der Waals surface area (Å²) in [4.78, 5) is 20.2. The zero-order valence-electron chi connectivity index (χ0n) is 19.0. The number of hydrogen-bond donors (Lipinski definition) is 1. The van der Waals surface area contributed by atoms with E-state index in [0.717, 1.165) is 38.9 Å². The topological polar surface area (TPSA) is 38.8 Å². The van der Waals surface area contributed by atoms with Gasteiger partial charge in [-0.05, 0) is 96.3 Å². The van der Waals surface area contributed by atoms with Gasteiger partial charge < -0.3 is 10.2 Å². The molecule has 1 aromatic carbocycles. The summed E-state index contributed by atoms with van der Waals surface area (Å²) in [5, 5.41) is 3.18. The molecule has 166 valence electrons. The number of nitrogens with zero attached hydrogens (tertiary/aromatic N) is 3. The van der Waals surface area contributed by atoms with E-state index < -0.39 is 0 Å². The Morgan fingerprint density at radius 1 is 1.00 bits per heavy atom. The highest BCUT2D eigenvalue weighted by atomic mass is 16.1. The maximum Gasteiger partial charge on any atom is 0.224 e. The van der Waals surface area contributed by atoms with Gasteiger partial charge in [-0.15, -0.1) is 0 Å². The maximum absolute atomic E-state index is 12.6. The van der Waals surface area contributed by atoms with Crippen molar-refractivity contribution in [2.24, 2.45) is 5.92 Å². The molecule has 5 nitrogen and oxygen atoms in total. The predicted octanol–water partition coefficient (Wildman–Crippen LogP) is 2.40. The van der Waals surface area contributed by atoms with Gasteiger partial charge in [0.1, 0.15) is 0 Å². The Balaban J connectivity index is 1.20. The number of fused-ring (bicyclic) bond motifs is 1. The second-order valence-electron chi connectivity index (χ2n) is 9.88. The van der Waals surface area contributed by atoms with Gasteiger partial charge >= 0.3 is 0 Å². The molecule has 30 heavy (non-hydrogen) atoms. The number of amides is 1. The van der Waals surface area contributed by atoms with E-state index in [9.17, 15) is 4.79 Å². The van der Waals surface area contributed by atoms with Crippen LogP contribution in [0.4, 0.5) is 0 Å². The van der Waals surface area contributed by atoms with Crippen LogP contribution < -0.4 is 5.32 Å². The predicted molar refractivity (Wildman–Crippen MR) is 123 cm³/mol. The Morgan fingerprint density at radius 2 is 1.70 bits per heavy atom. The number of benzene rings is 1. The van der Waals surface area contributed by atoms with Crippen molar-refractivity contribution in [3.05, 3.63) is 35.4 Å². The summed E-state index contributed by atoms with van der Waals surface area (Å²) in [6.45, 7) is 6.38. The minimum absolute atomic E-state index is 0.181. The molecule has 1 amide bonds. The molecule has 2 fully saturated rings. The second kappa shape index (κ2) is 10.3. The van der Waals surface area contributed by atoms with E-state index in [0.29, 0.717) is 12.1 Å². The van der Waals surface area contributed by atoms with Gasteiger partial charge in [0.05, 0.1) is 5.92 Å². The lowest BCUT2D eigenvalue weighted by Gasteiger charge is -2.43. The molecule has 2 aliphatic heterocycles. The summed E-state index contributed by atoms with van der Waals surface area (Å²) >= 11 is 0. The van der Waals surface area contributed by atoms with Crippen LogP contribution in [0.1, 0.15) is 43.2 Å². The van der Waals surface area contributed by atoms with Crippen LogP contribution in [0.5, 0.6) is 0 Å². The van der Waals surface area contributed by atoms with E-state index >= 15 is 0 Å². The Kier molecular flexibility index (Phi) is 7.45. The van der Waals surface area contributed by atoms with Gasteiger partial charge in [-0.2, -0.15) is 0 Å².